The molecule has 4 aromatic rings. The van der Waals surface area contributed by atoms with Crippen molar-refractivity contribution in [1.82, 2.24) is 25.4 Å². The monoisotopic (exact) mass is 497 g/mol. The van der Waals surface area contributed by atoms with Gasteiger partial charge in [0, 0.05) is 34.9 Å². The molecule has 184 valence electrons. The molecule has 2 aliphatic rings. The number of hydrogen-bond acceptors (Lipinski definition) is 5. The molecule has 2 atom stereocenters. The highest BCUT2D eigenvalue weighted by atomic mass is 28.1. The van der Waals surface area contributed by atoms with E-state index in [1.807, 2.05) is 49.8 Å². The Morgan fingerprint density at radius 1 is 1.25 bits per heavy atom. The lowest BCUT2D eigenvalue weighted by atomic mass is 9.94. The van der Waals surface area contributed by atoms with E-state index in [2.05, 4.69) is 50.6 Å². The second-order valence-electron chi connectivity index (χ2n) is 10.3. The van der Waals surface area contributed by atoms with Crippen LogP contribution in [0.25, 0.3) is 22.0 Å². The lowest BCUT2D eigenvalue weighted by molar-refractivity contribution is 0.0562. The number of carbonyl (C=O) groups excluding carboxylic acids is 1. The van der Waals surface area contributed by atoms with Gasteiger partial charge in [0.2, 0.25) is 0 Å². The number of rotatable bonds is 7. The molecule has 6 rings (SSSR count). The van der Waals surface area contributed by atoms with Gasteiger partial charge < -0.3 is 15.0 Å². The van der Waals surface area contributed by atoms with E-state index in [9.17, 15) is 4.79 Å². The van der Waals surface area contributed by atoms with Gasteiger partial charge in [-0.25, -0.2) is 0 Å². The number of fused-ring (bicyclic) bond motifs is 1. The summed E-state index contributed by atoms with van der Waals surface area (Å²) in [7, 11) is 3.09. The van der Waals surface area contributed by atoms with Crippen molar-refractivity contribution in [2.75, 3.05) is 13.6 Å². The molecule has 2 aromatic carbocycles. The highest BCUT2D eigenvalue weighted by molar-refractivity contribution is 6.11. The van der Waals surface area contributed by atoms with Crippen molar-refractivity contribution < 1.29 is 9.53 Å². The zero-order chi connectivity index (χ0) is 24.9. The van der Waals surface area contributed by atoms with Crippen LogP contribution in [-0.2, 0) is 5.54 Å². The molecule has 8 heteroatoms. The third-order valence-electron chi connectivity index (χ3n) is 7.83. The summed E-state index contributed by atoms with van der Waals surface area (Å²) < 4.78 is 6.30. The molecule has 1 aliphatic heterocycles. The maximum Gasteiger partial charge on any atom is 0.252 e. The molecule has 1 saturated heterocycles. The number of H-pyrrole nitrogens is 1. The fraction of sp³-hybridized carbons (Fsp3) is 0.321. The van der Waals surface area contributed by atoms with Gasteiger partial charge in [-0.3, -0.25) is 14.9 Å². The minimum Gasteiger partial charge on any atom is -0.494 e. The van der Waals surface area contributed by atoms with Crippen molar-refractivity contribution in [1.29, 1.82) is 0 Å². The Bertz CT molecular complexity index is 1430. The van der Waals surface area contributed by atoms with Gasteiger partial charge in [-0.2, -0.15) is 5.10 Å². The maximum atomic E-state index is 13.6. The molecular weight excluding hydrogens is 466 g/mol. The second-order valence-corrected chi connectivity index (χ2v) is 11.4. The number of benzene rings is 2. The molecule has 0 unspecified atom stereocenters. The van der Waals surface area contributed by atoms with Gasteiger partial charge >= 0.3 is 0 Å². The fourth-order valence-corrected chi connectivity index (χ4v) is 6.48. The first-order valence-corrected chi connectivity index (χ1v) is 13.8. The quantitative estimate of drug-likeness (QED) is 0.384. The number of nitrogens with one attached hydrogen (secondary N) is 2. The Kier molecular flexibility index (Phi) is 5.65. The maximum absolute atomic E-state index is 13.6. The number of amides is 1. The normalized spacial score (nSPS) is 19.6. The lowest BCUT2D eigenvalue weighted by Crippen LogP contribution is -2.53. The van der Waals surface area contributed by atoms with Crippen LogP contribution in [0, 0.1) is 6.92 Å². The molecule has 2 aromatic heterocycles. The molecule has 36 heavy (non-hydrogen) atoms. The number of aromatic nitrogens is 3. The molecule has 0 spiro atoms. The van der Waals surface area contributed by atoms with Crippen LogP contribution in [-0.4, -0.2) is 61.6 Å². The summed E-state index contributed by atoms with van der Waals surface area (Å²) in [5.41, 5.74) is 5.48. The third kappa shape index (κ3) is 4.10. The van der Waals surface area contributed by atoms with Crippen LogP contribution in [0.3, 0.4) is 0 Å². The largest absolute Gasteiger partial charge is 0.494 e. The highest BCUT2D eigenvalue weighted by Crippen LogP contribution is 2.49. The van der Waals surface area contributed by atoms with E-state index in [1.165, 1.54) is 6.42 Å². The van der Waals surface area contributed by atoms with Crippen molar-refractivity contribution in [3.05, 3.63) is 77.7 Å². The number of aromatic amines is 1. The van der Waals surface area contributed by atoms with Crippen molar-refractivity contribution in [2.24, 2.45) is 0 Å². The standard InChI is InChI=1S/C28H31N5O2Si/c1-17-5-6-20(35-27(36)25-7-11-33(25)2)14-22(17)26(34)32-28(8-9-28)23-12-18(19-15-30-31-16-19)13-24-21(23)4-3-10-29-24/h3-6,10,12-16,25,27H,7-9,11H2,1-2,36H3,(H,30,31)(H,32,34)/t25-,27-/m0/s1. The Morgan fingerprint density at radius 3 is 2.81 bits per heavy atom. The summed E-state index contributed by atoms with van der Waals surface area (Å²) >= 11 is 0. The molecule has 1 aliphatic carbocycles. The molecule has 2 fully saturated rings. The Labute approximate surface area is 213 Å². The first-order valence-electron chi connectivity index (χ1n) is 12.6. The average molecular weight is 498 g/mol. The number of carbonyl (C=O) groups is 1. The van der Waals surface area contributed by atoms with Gasteiger partial charge in [0.05, 0.1) is 33.2 Å². The van der Waals surface area contributed by atoms with E-state index >= 15 is 0 Å². The van der Waals surface area contributed by atoms with Gasteiger partial charge in [0.25, 0.3) is 5.91 Å². The van der Waals surface area contributed by atoms with E-state index in [-0.39, 0.29) is 11.6 Å². The Balaban J connectivity index is 1.30. The Hall–Kier alpha value is -3.49. The van der Waals surface area contributed by atoms with Crippen LogP contribution in [0.2, 0.25) is 0 Å². The molecule has 0 radical (unpaired) electrons. The van der Waals surface area contributed by atoms with Gasteiger partial charge in [0.1, 0.15) is 5.75 Å². The van der Waals surface area contributed by atoms with E-state index < -0.39 is 5.54 Å². The van der Waals surface area contributed by atoms with Crippen molar-refractivity contribution in [3.8, 4) is 16.9 Å². The number of likely N-dealkylation sites (tertiary alicyclic amines) is 1. The van der Waals surface area contributed by atoms with Crippen molar-refractivity contribution >= 4 is 27.1 Å². The second kappa shape index (κ2) is 8.87. The van der Waals surface area contributed by atoms with Crippen LogP contribution >= 0.6 is 0 Å². The SMILES string of the molecule is Cc1ccc(O[C@@H]([SiH3])[C@@H]2CCN2C)cc1C(=O)NC1(c2cc(-c3cn[nH]c3)cc3ncccc23)CC1. The van der Waals surface area contributed by atoms with Gasteiger partial charge in [0.15, 0.2) is 0 Å². The van der Waals surface area contributed by atoms with E-state index in [0.29, 0.717) is 11.6 Å². The van der Waals surface area contributed by atoms with E-state index in [0.717, 1.165) is 68.5 Å². The number of hydrogen-bond donors (Lipinski definition) is 2. The predicted molar refractivity (Wildman–Crippen MR) is 144 cm³/mol. The van der Waals surface area contributed by atoms with E-state index in [1.54, 1.807) is 0 Å². The predicted octanol–water partition coefficient (Wildman–Crippen LogP) is 3.13. The molecular formula is C28H31N5O2Si. The van der Waals surface area contributed by atoms with Crippen molar-refractivity contribution in [2.45, 2.75) is 43.5 Å². The minimum atomic E-state index is -0.406. The first-order chi connectivity index (χ1) is 17.4. The van der Waals surface area contributed by atoms with Gasteiger partial charge in [-0.1, -0.05) is 12.1 Å². The molecule has 7 nitrogen and oxygen atoms in total. The van der Waals surface area contributed by atoms with Crippen LogP contribution in [0.1, 0.15) is 40.7 Å². The number of ether oxygens (including phenoxy) is 1. The summed E-state index contributed by atoms with van der Waals surface area (Å²) in [5, 5.41) is 11.5. The number of pyridine rings is 1. The van der Waals surface area contributed by atoms with Crippen LogP contribution < -0.4 is 10.1 Å². The van der Waals surface area contributed by atoms with Crippen LogP contribution in [0.15, 0.2) is 61.1 Å². The van der Waals surface area contributed by atoms with Crippen LogP contribution in [0.4, 0.5) is 0 Å². The number of nitrogens with zero attached hydrogens (tertiary/aromatic N) is 3. The summed E-state index contributed by atoms with van der Waals surface area (Å²) in [5.74, 6) is 0.708. The average Bonchev–Trinajstić information content (AvgIpc) is 3.42. The zero-order valence-electron chi connectivity index (χ0n) is 20.9. The number of likely N-dealkylation sites (N-methyl/N-ethyl adjacent to an activating group) is 1. The van der Waals surface area contributed by atoms with Crippen LogP contribution in [0.5, 0.6) is 5.75 Å². The van der Waals surface area contributed by atoms with Gasteiger partial charge in [-0.15, -0.1) is 0 Å². The summed E-state index contributed by atoms with van der Waals surface area (Å²) in [6, 6.07) is 14.7. The molecule has 2 N–H and O–H groups in total. The van der Waals surface area contributed by atoms with Crippen molar-refractivity contribution in [3.63, 3.8) is 0 Å². The minimum absolute atomic E-state index is 0.0631. The summed E-state index contributed by atoms with van der Waals surface area (Å²) in [4.78, 5) is 20.6. The molecule has 0 bridgehead atoms. The molecule has 1 amide bonds. The summed E-state index contributed by atoms with van der Waals surface area (Å²) in [6.45, 7) is 3.11. The van der Waals surface area contributed by atoms with Gasteiger partial charge in [-0.05, 0) is 86.8 Å². The number of aryl methyl sites for hydroxylation is 1. The topological polar surface area (TPSA) is 83.1 Å². The van der Waals surface area contributed by atoms with E-state index in [4.69, 9.17) is 4.74 Å². The fourth-order valence-electron chi connectivity index (χ4n) is 5.37. The smallest absolute Gasteiger partial charge is 0.252 e. The summed E-state index contributed by atoms with van der Waals surface area (Å²) in [6.07, 6.45) is 8.46. The highest BCUT2D eigenvalue weighted by Gasteiger charge is 2.47. The Morgan fingerprint density at radius 2 is 2.11 bits per heavy atom. The first kappa shape index (κ1) is 22.9. The molecule has 3 heterocycles. The third-order valence-corrected chi connectivity index (χ3v) is 8.84. The zero-order valence-corrected chi connectivity index (χ0v) is 22.9. The lowest BCUT2D eigenvalue weighted by Gasteiger charge is -2.41. The molecule has 1 saturated carbocycles.